The lowest BCUT2D eigenvalue weighted by atomic mass is 10.1. The summed E-state index contributed by atoms with van der Waals surface area (Å²) in [6.07, 6.45) is 4.30. The van der Waals surface area contributed by atoms with Gasteiger partial charge in [-0.1, -0.05) is 6.07 Å². The van der Waals surface area contributed by atoms with E-state index in [1.54, 1.807) is 26.5 Å². The Hall–Kier alpha value is -2.76. The summed E-state index contributed by atoms with van der Waals surface area (Å²) in [4.78, 5) is 19.2. The van der Waals surface area contributed by atoms with Gasteiger partial charge < -0.3 is 19.7 Å². The van der Waals surface area contributed by atoms with Crippen molar-refractivity contribution >= 4 is 17.4 Å². The van der Waals surface area contributed by atoms with Gasteiger partial charge in [0.15, 0.2) is 5.82 Å². The van der Waals surface area contributed by atoms with Crippen LogP contribution in [0.2, 0.25) is 0 Å². The van der Waals surface area contributed by atoms with E-state index in [1.165, 1.54) is 0 Å². The molecule has 1 aliphatic rings. The minimum absolute atomic E-state index is 0.100. The average molecular weight is 341 g/mol. The normalized spacial score (nSPS) is 13.6. The quantitative estimate of drug-likeness (QED) is 0.875. The standard InChI is InChI=1S/C19H23N3O3/c1-24-15-8-7-14(17(13-15)25-2)12-18(23)21-16-6-5-9-20-19(16)22-10-3-4-11-22/h5-9,13H,3-4,10-12H2,1-2H3,(H,21,23). The average Bonchev–Trinajstić information content (AvgIpc) is 3.17. The molecular weight excluding hydrogens is 318 g/mol. The second kappa shape index (κ2) is 7.88. The summed E-state index contributed by atoms with van der Waals surface area (Å²) < 4.78 is 10.6. The summed E-state index contributed by atoms with van der Waals surface area (Å²) in [6, 6.07) is 9.18. The molecule has 1 saturated heterocycles. The molecule has 0 unspecified atom stereocenters. The van der Waals surface area contributed by atoms with Crippen LogP contribution in [0.15, 0.2) is 36.5 Å². The summed E-state index contributed by atoms with van der Waals surface area (Å²) in [6.45, 7) is 1.96. The molecule has 1 fully saturated rings. The molecule has 0 atom stereocenters. The van der Waals surface area contributed by atoms with Gasteiger partial charge >= 0.3 is 0 Å². The van der Waals surface area contributed by atoms with E-state index >= 15 is 0 Å². The first-order valence-corrected chi connectivity index (χ1v) is 8.42. The number of nitrogens with zero attached hydrogens (tertiary/aromatic N) is 2. The molecule has 0 bridgehead atoms. The van der Waals surface area contributed by atoms with Crippen LogP contribution in [0, 0.1) is 0 Å². The number of anilines is 2. The van der Waals surface area contributed by atoms with Gasteiger partial charge in [-0.15, -0.1) is 0 Å². The summed E-state index contributed by atoms with van der Waals surface area (Å²) in [5, 5.41) is 2.99. The molecule has 0 saturated carbocycles. The number of ether oxygens (including phenoxy) is 2. The van der Waals surface area contributed by atoms with Crippen molar-refractivity contribution < 1.29 is 14.3 Å². The van der Waals surface area contributed by atoms with Gasteiger partial charge in [0.05, 0.1) is 26.3 Å². The van der Waals surface area contributed by atoms with Crippen LogP contribution < -0.4 is 19.7 Å². The number of aromatic nitrogens is 1. The highest BCUT2D eigenvalue weighted by atomic mass is 16.5. The van der Waals surface area contributed by atoms with Gasteiger partial charge in [0.1, 0.15) is 11.5 Å². The fraction of sp³-hybridized carbons (Fsp3) is 0.368. The Bertz CT molecular complexity index is 742. The van der Waals surface area contributed by atoms with E-state index in [1.807, 2.05) is 24.3 Å². The zero-order chi connectivity index (χ0) is 17.6. The Morgan fingerprint density at radius 3 is 2.72 bits per heavy atom. The molecule has 6 nitrogen and oxygen atoms in total. The van der Waals surface area contributed by atoms with Crippen molar-refractivity contribution in [2.45, 2.75) is 19.3 Å². The molecule has 1 amide bonds. The molecular formula is C19H23N3O3. The minimum atomic E-state index is -0.100. The first kappa shape index (κ1) is 17.1. The number of rotatable bonds is 6. The Morgan fingerprint density at radius 1 is 1.20 bits per heavy atom. The van der Waals surface area contributed by atoms with Gasteiger partial charge in [0.2, 0.25) is 5.91 Å². The monoisotopic (exact) mass is 341 g/mol. The number of carbonyl (C=O) groups excluding carboxylic acids is 1. The Balaban J connectivity index is 1.73. The third-order valence-corrected chi connectivity index (χ3v) is 4.31. The predicted octanol–water partition coefficient (Wildman–Crippen LogP) is 2.88. The highest BCUT2D eigenvalue weighted by Crippen LogP contribution is 2.28. The number of amides is 1. The summed E-state index contributed by atoms with van der Waals surface area (Å²) in [5.41, 5.74) is 1.56. The Labute approximate surface area is 147 Å². The van der Waals surface area contributed by atoms with Crippen LogP contribution in [0.1, 0.15) is 18.4 Å². The van der Waals surface area contributed by atoms with E-state index in [4.69, 9.17) is 9.47 Å². The SMILES string of the molecule is COc1ccc(CC(=O)Nc2cccnc2N2CCCC2)c(OC)c1. The number of hydrogen-bond acceptors (Lipinski definition) is 5. The Kier molecular flexibility index (Phi) is 5.38. The van der Waals surface area contributed by atoms with Crippen molar-refractivity contribution in [3.05, 3.63) is 42.1 Å². The van der Waals surface area contributed by atoms with E-state index in [2.05, 4.69) is 15.2 Å². The largest absolute Gasteiger partial charge is 0.497 e. The van der Waals surface area contributed by atoms with Crippen molar-refractivity contribution in [2.24, 2.45) is 0 Å². The highest BCUT2D eigenvalue weighted by Gasteiger charge is 2.18. The minimum Gasteiger partial charge on any atom is -0.497 e. The molecule has 2 aromatic rings. The molecule has 0 aliphatic carbocycles. The molecule has 25 heavy (non-hydrogen) atoms. The van der Waals surface area contributed by atoms with E-state index < -0.39 is 0 Å². The first-order chi connectivity index (χ1) is 12.2. The van der Waals surface area contributed by atoms with Crippen LogP contribution in [-0.4, -0.2) is 38.2 Å². The number of pyridine rings is 1. The second-order valence-corrected chi connectivity index (χ2v) is 5.97. The molecule has 1 aromatic carbocycles. The van der Waals surface area contributed by atoms with Gasteiger partial charge in [-0.05, 0) is 31.0 Å². The second-order valence-electron chi connectivity index (χ2n) is 5.97. The summed E-state index contributed by atoms with van der Waals surface area (Å²) in [7, 11) is 3.19. The van der Waals surface area contributed by atoms with Crippen LogP contribution in [0.4, 0.5) is 11.5 Å². The van der Waals surface area contributed by atoms with Gasteiger partial charge in [-0.3, -0.25) is 4.79 Å². The lowest BCUT2D eigenvalue weighted by Crippen LogP contribution is -2.23. The molecule has 2 heterocycles. The van der Waals surface area contributed by atoms with Gasteiger partial charge in [0.25, 0.3) is 0 Å². The molecule has 6 heteroatoms. The smallest absolute Gasteiger partial charge is 0.229 e. The number of nitrogens with one attached hydrogen (secondary N) is 1. The number of carbonyl (C=O) groups is 1. The maximum atomic E-state index is 12.5. The third-order valence-electron chi connectivity index (χ3n) is 4.31. The number of methoxy groups -OCH3 is 2. The number of hydrogen-bond donors (Lipinski definition) is 1. The lowest BCUT2D eigenvalue weighted by Gasteiger charge is -2.20. The fourth-order valence-corrected chi connectivity index (χ4v) is 3.04. The van der Waals surface area contributed by atoms with E-state index in [-0.39, 0.29) is 12.3 Å². The van der Waals surface area contributed by atoms with Gasteiger partial charge in [0, 0.05) is 30.9 Å². The fourth-order valence-electron chi connectivity index (χ4n) is 3.04. The van der Waals surface area contributed by atoms with Crippen LogP contribution in [0.25, 0.3) is 0 Å². The molecule has 132 valence electrons. The van der Waals surface area contributed by atoms with E-state index in [9.17, 15) is 4.79 Å². The molecule has 0 radical (unpaired) electrons. The number of benzene rings is 1. The van der Waals surface area contributed by atoms with Crippen molar-refractivity contribution in [3.63, 3.8) is 0 Å². The lowest BCUT2D eigenvalue weighted by molar-refractivity contribution is -0.115. The molecule has 1 N–H and O–H groups in total. The van der Waals surface area contributed by atoms with Gasteiger partial charge in [-0.25, -0.2) is 4.98 Å². The predicted molar refractivity (Wildman–Crippen MR) is 97.6 cm³/mol. The van der Waals surface area contributed by atoms with Gasteiger partial charge in [-0.2, -0.15) is 0 Å². The Morgan fingerprint density at radius 2 is 2.00 bits per heavy atom. The van der Waals surface area contributed by atoms with Crippen LogP contribution in [-0.2, 0) is 11.2 Å². The maximum absolute atomic E-state index is 12.5. The van der Waals surface area contributed by atoms with Crippen molar-refractivity contribution in [2.75, 3.05) is 37.5 Å². The van der Waals surface area contributed by atoms with Crippen molar-refractivity contribution in [1.29, 1.82) is 0 Å². The van der Waals surface area contributed by atoms with E-state index in [0.717, 1.165) is 43.0 Å². The van der Waals surface area contributed by atoms with Crippen LogP contribution >= 0.6 is 0 Å². The van der Waals surface area contributed by atoms with Crippen LogP contribution in [0.3, 0.4) is 0 Å². The van der Waals surface area contributed by atoms with Crippen molar-refractivity contribution in [1.82, 2.24) is 4.98 Å². The first-order valence-electron chi connectivity index (χ1n) is 8.42. The third kappa shape index (κ3) is 4.02. The van der Waals surface area contributed by atoms with Crippen molar-refractivity contribution in [3.8, 4) is 11.5 Å². The molecule has 3 rings (SSSR count). The maximum Gasteiger partial charge on any atom is 0.229 e. The molecule has 1 aliphatic heterocycles. The van der Waals surface area contributed by atoms with E-state index in [0.29, 0.717) is 11.5 Å². The highest BCUT2D eigenvalue weighted by molar-refractivity contribution is 5.95. The molecule has 1 aromatic heterocycles. The zero-order valence-corrected chi connectivity index (χ0v) is 14.6. The zero-order valence-electron chi connectivity index (χ0n) is 14.6. The topological polar surface area (TPSA) is 63.7 Å². The van der Waals surface area contributed by atoms with Crippen LogP contribution in [0.5, 0.6) is 11.5 Å². The summed E-state index contributed by atoms with van der Waals surface area (Å²) in [5.74, 6) is 2.08. The molecule has 0 spiro atoms. The summed E-state index contributed by atoms with van der Waals surface area (Å²) >= 11 is 0.